The van der Waals surface area contributed by atoms with E-state index in [0.717, 1.165) is 37.6 Å². The van der Waals surface area contributed by atoms with Gasteiger partial charge < -0.3 is 19.7 Å². The molecule has 1 N–H and O–H groups in total. The maximum absolute atomic E-state index is 17.0. The first-order chi connectivity index (χ1) is 21.9. The summed E-state index contributed by atoms with van der Waals surface area (Å²) in [5.41, 5.74) is 0.796. The molecule has 4 aromatic rings. The van der Waals surface area contributed by atoms with Gasteiger partial charge in [-0.05, 0) is 45.2 Å². The number of nitrogens with zero attached hydrogens (tertiary/aromatic N) is 6. The molecule has 5 aliphatic rings. The van der Waals surface area contributed by atoms with Crippen LogP contribution < -0.4 is 19.7 Å². The molecule has 0 spiro atoms. The zero-order chi connectivity index (χ0) is 30.4. The maximum atomic E-state index is 17.0. The molecule has 6 atom stereocenters. The summed E-state index contributed by atoms with van der Waals surface area (Å²) in [6.07, 6.45) is 12.3. The Morgan fingerprint density at radius 2 is 2.09 bits per heavy atom. The number of terminal acetylenes is 1. The number of ether oxygens (including phenoxy) is 2. The second kappa shape index (κ2) is 9.93. The van der Waals surface area contributed by atoms with E-state index < -0.39 is 17.5 Å². The van der Waals surface area contributed by atoms with Gasteiger partial charge in [-0.3, -0.25) is 9.88 Å². The van der Waals surface area contributed by atoms with E-state index in [2.05, 4.69) is 26.0 Å². The lowest BCUT2D eigenvalue weighted by molar-refractivity contribution is 0.107. The zero-order valence-corrected chi connectivity index (χ0v) is 25.0. The van der Waals surface area contributed by atoms with Crippen LogP contribution in [-0.4, -0.2) is 87.0 Å². The van der Waals surface area contributed by atoms with Crippen LogP contribution in [0.3, 0.4) is 0 Å². The molecule has 2 bridgehead atoms. The first-order valence-corrected chi connectivity index (χ1v) is 15.9. The Kier molecular flexibility index (Phi) is 6.00. The average molecular weight is 610 g/mol. The van der Waals surface area contributed by atoms with Crippen molar-refractivity contribution in [2.75, 3.05) is 31.1 Å². The number of fused-ring (bicyclic) bond motifs is 7. The van der Waals surface area contributed by atoms with Gasteiger partial charge in [-0.1, -0.05) is 18.1 Å². The molecule has 45 heavy (non-hydrogen) atoms. The van der Waals surface area contributed by atoms with Crippen molar-refractivity contribution in [3.05, 3.63) is 42.0 Å². The highest BCUT2D eigenvalue weighted by molar-refractivity contribution is 6.03. The third kappa shape index (κ3) is 4.04. The van der Waals surface area contributed by atoms with Gasteiger partial charge in [-0.25, -0.2) is 13.8 Å². The van der Waals surface area contributed by atoms with E-state index in [4.69, 9.17) is 30.8 Å². The Morgan fingerprint density at radius 1 is 1.18 bits per heavy atom. The van der Waals surface area contributed by atoms with Crippen molar-refractivity contribution >= 4 is 27.5 Å². The third-order valence-corrected chi connectivity index (χ3v) is 10.7. The molecular weight excluding hydrogens is 576 g/mol. The molecule has 0 saturated carbocycles. The first-order valence-electron chi connectivity index (χ1n) is 15.9. The van der Waals surface area contributed by atoms with Crippen LogP contribution in [0.2, 0.25) is 0 Å². The van der Waals surface area contributed by atoms with Gasteiger partial charge >= 0.3 is 6.01 Å². The molecule has 9 nitrogen and oxygen atoms in total. The molecule has 3 aromatic heterocycles. The number of nitrogens with one attached hydrogen (secondary N) is 1. The highest BCUT2D eigenvalue weighted by Crippen LogP contribution is 2.46. The molecule has 0 radical (unpaired) electrons. The molecule has 9 rings (SSSR count). The van der Waals surface area contributed by atoms with E-state index in [1.165, 1.54) is 0 Å². The van der Waals surface area contributed by atoms with Crippen molar-refractivity contribution in [2.45, 2.75) is 75.0 Å². The smallest absolute Gasteiger partial charge is 0.319 e. The summed E-state index contributed by atoms with van der Waals surface area (Å²) in [4.78, 5) is 23.3. The van der Waals surface area contributed by atoms with Gasteiger partial charge in [0, 0.05) is 65.9 Å². The summed E-state index contributed by atoms with van der Waals surface area (Å²) in [5, 5.41) is 5.62. The summed E-state index contributed by atoms with van der Waals surface area (Å²) >= 11 is 0. The van der Waals surface area contributed by atoms with Crippen molar-refractivity contribution < 1.29 is 18.3 Å². The third-order valence-electron chi connectivity index (χ3n) is 10.7. The Labute approximate surface area is 259 Å². The number of pyridine rings is 2. The predicted molar refractivity (Wildman–Crippen MR) is 166 cm³/mol. The molecule has 0 unspecified atom stereocenters. The second-order valence-corrected chi connectivity index (χ2v) is 13.2. The minimum absolute atomic E-state index is 0.0475. The Bertz CT molecular complexity index is 1910. The number of anilines is 1. The number of rotatable bonds is 4. The highest BCUT2D eigenvalue weighted by atomic mass is 19.1. The van der Waals surface area contributed by atoms with Crippen molar-refractivity contribution in [2.24, 2.45) is 0 Å². The lowest BCUT2D eigenvalue weighted by Gasteiger charge is -2.42. The minimum Gasteiger partial charge on any atom is -0.472 e. The number of benzene rings is 1. The van der Waals surface area contributed by atoms with Crippen molar-refractivity contribution in [1.82, 2.24) is 30.2 Å². The summed E-state index contributed by atoms with van der Waals surface area (Å²) in [5.74, 6) is 2.93. The maximum Gasteiger partial charge on any atom is 0.319 e. The van der Waals surface area contributed by atoms with Crippen LogP contribution in [0.4, 0.5) is 14.6 Å². The van der Waals surface area contributed by atoms with Crippen LogP contribution in [-0.2, 0) is 0 Å². The van der Waals surface area contributed by atoms with Gasteiger partial charge in [0.15, 0.2) is 5.82 Å². The summed E-state index contributed by atoms with van der Waals surface area (Å²) in [6.45, 7) is 4.23. The molecule has 0 amide bonds. The predicted octanol–water partition coefficient (Wildman–Crippen LogP) is 4.41. The van der Waals surface area contributed by atoms with Gasteiger partial charge in [-0.15, -0.1) is 6.42 Å². The number of piperazine rings is 1. The molecule has 8 heterocycles. The van der Waals surface area contributed by atoms with Gasteiger partial charge in [0.2, 0.25) is 5.88 Å². The SMILES string of the molecule is C#Cc1cccc2cncc(-c3nc4c5c(nc(OC[C@@]67CCCN6C[C@H](F)C7)nc5c3F)N3C[C@H]5CC[C@H](N5)[C@H]3[C@H](C)O4)c12. The van der Waals surface area contributed by atoms with Crippen LogP contribution in [0.15, 0.2) is 30.6 Å². The Morgan fingerprint density at radius 3 is 2.98 bits per heavy atom. The molecular formula is C34H33F2N7O2. The average Bonchev–Trinajstić information content (AvgIpc) is 3.69. The fourth-order valence-corrected chi connectivity index (χ4v) is 8.72. The zero-order valence-electron chi connectivity index (χ0n) is 25.0. The Hall–Kier alpha value is -4.14. The largest absolute Gasteiger partial charge is 0.472 e. The normalized spacial score (nSPS) is 30.2. The molecule has 5 aliphatic heterocycles. The number of hydrogen-bond donors (Lipinski definition) is 1. The van der Waals surface area contributed by atoms with Gasteiger partial charge in [-0.2, -0.15) is 9.97 Å². The van der Waals surface area contributed by atoms with Crippen molar-refractivity contribution in [1.29, 1.82) is 0 Å². The summed E-state index contributed by atoms with van der Waals surface area (Å²) in [7, 11) is 0. The van der Waals surface area contributed by atoms with Crippen LogP contribution in [0.1, 0.15) is 44.6 Å². The van der Waals surface area contributed by atoms with Crippen molar-refractivity contribution in [3.63, 3.8) is 0 Å². The molecule has 4 fully saturated rings. The first kappa shape index (κ1) is 27.2. The van der Waals surface area contributed by atoms with Crippen LogP contribution in [0.5, 0.6) is 11.9 Å². The molecule has 1 aromatic carbocycles. The van der Waals surface area contributed by atoms with Crippen LogP contribution in [0, 0.1) is 18.2 Å². The fourth-order valence-electron chi connectivity index (χ4n) is 8.72. The van der Waals surface area contributed by atoms with E-state index in [-0.39, 0.29) is 47.9 Å². The number of halogens is 2. The van der Waals surface area contributed by atoms with E-state index in [1.807, 2.05) is 25.1 Å². The van der Waals surface area contributed by atoms with Gasteiger partial charge in [0.25, 0.3) is 0 Å². The quantitative estimate of drug-likeness (QED) is 0.338. The van der Waals surface area contributed by atoms with Crippen LogP contribution >= 0.6 is 0 Å². The number of alkyl halides is 1. The van der Waals surface area contributed by atoms with Gasteiger partial charge in [0.05, 0.1) is 11.6 Å². The van der Waals surface area contributed by atoms with E-state index in [0.29, 0.717) is 53.3 Å². The summed E-state index contributed by atoms with van der Waals surface area (Å²) < 4.78 is 44.5. The van der Waals surface area contributed by atoms with E-state index in [9.17, 15) is 4.39 Å². The lowest BCUT2D eigenvalue weighted by Crippen LogP contribution is -2.62. The Balaban J connectivity index is 1.24. The number of aromatic nitrogens is 4. The molecule has 11 heteroatoms. The summed E-state index contributed by atoms with van der Waals surface area (Å²) in [6, 6.07) is 6.08. The molecule has 230 valence electrons. The number of hydrogen-bond acceptors (Lipinski definition) is 9. The topological polar surface area (TPSA) is 88.5 Å². The lowest BCUT2D eigenvalue weighted by atomic mass is 9.95. The van der Waals surface area contributed by atoms with Crippen LogP contribution in [0.25, 0.3) is 32.9 Å². The van der Waals surface area contributed by atoms with Crippen molar-refractivity contribution in [3.8, 4) is 35.5 Å². The van der Waals surface area contributed by atoms with Gasteiger partial charge in [0.1, 0.15) is 41.3 Å². The highest BCUT2D eigenvalue weighted by Gasteiger charge is 2.50. The standard InChI is InChI=1S/C34H33F2N7O2/c1-3-19-6-4-7-20-13-37-14-23(25(19)20)28-27(36)29-26-31(41-33(40-29)44-17-34-10-5-11-42(34)15-21(35)12-34)43-16-22-8-9-24(38-22)30(43)18(2)45-32(26)39-28/h1,4,6-7,13-14,18,21-22,24,30,38H,5,8-12,15-17H2,2H3/t18-,21+,22+,24-,30+,34-/m0/s1. The second-order valence-electron chi connectivity index (χ2n) is 13.2. The fraction of sp³-hybridized carbons (Fsp3) is 0.471. The van der Waals surface area contributed by atoms with E-state index >= 15 is 4.39 Å². The monoisotopic (exact) mass is 609 g/mol. The molecule has 4 saturated heterocycles. The molecule has 0 aliphatic carbocycles. The minimum atomic E-state index is -0.886. The van der Waals surface area contributed by atoms with E-state index in [1.54, 1.807) is 12.4 Å².